The van der Waals surface area contributed by atoms with Crippen molar-refractivity contribution in [3.63, 3.8) is 0 Å². The quantitative estimate of drug-likeness (QED) is 0.784. The summed E-state index contributed by atoms with van der Waals surface area (Å²) < 4.78 is 5.71. The van der Waals surface area contributed by atoms with Crippen LogP contribution in [0.2, 0.25) is 0 Å². The van der Waals surface area contributed by atoms with Gasteiger partial charge < -0.3 is 10.1 Å². The van der Waals surface area contributed by atoms with Crippen LogP contribution < -0.4 is 10.1 Å². The van der Waals surface area contributed by atoms with E-state index >= 15 is 0 Å². The van der Waals surface area contributed by atoms with E-state index in [0.717, 1.165) is 31.9 Å². The van der Waals surface area contributed by atoms with Crippen LogP contribution in [0.5, 0.6) is 5.75 Å². The molecule has 1 heterocycles. The van der Waals surface area contributed by atoms with Crippen molar-refractivity contribution in [2.75, 3.05) is 19.7 Å². The summed E-state index contributed by atoms with van der Waals surface area (Å²) in [5, 5.41) is 3.24. The standard InChI is InChI=1S/C12H17NO/c1-2-10-4-3-5-12(6-10)14-9-11-7-13-8-11/h3-6,11,13H,2,7-9H2,1H3. The monoisotopic (exact) mass is 191 g/mol. The van der Waals surface area contributed by atoms with Crippen molar-refractivity contribution in [3.8, 4) is 5.75 Å². The number of aryl methyl sites for hydroxylation is 1. The van der Waals surface area contributed by atoms with Crippen molar-refractivity contribution in [1.82, 2.24) is 5.32 Å². The van der Waals surface area contributed by atoms with Gasteiger partial charge in [0.15, 0.2) is 0 Å². The van der Waals surface area contributed by atoms with Crippen molar-refractivity contribution in [3.05, 3.63) is 29.8 Å². The van der Waals surface area contributed by atoms with Crippen LogP contribution in [0.25, 0.3) is 0 Å². The van der Waals surface area contributed by atoms with Crippen molar-refractivity contribution < 1.29 is 4.74 Å². The molecule has 1 aromatic rings. The van der Waals surface area contributed by atoms with Gasteiger partial charge in [0.1, 0.15) is 5.75 Å². The van der Waals surface area contributed by atoms with Gasteiger partial charge in [-0.25, -0.2) is 0 Å². The van der Waals surface area contributed by atoms with Gasteiger partial charge in [-0.2, -0.15) is 0 Å². The molecule has 0 atom stereocenters. The first-order valence-electron chi connectivity index (χ1n) is 5.31. The van der Waals surface area contributed by atoms with Gasteiger partial charge in [-0.3, -0.25) is 0 Å². The molecule has 1 aliphatic heterocycles. The predicted octanol–water partition coefficient (Wildman–Crippen LogP) is 1.85. The summed E-state index contributed by atoms with van der Waals surface area (Å²) in [7, 11) is 0. The highest BCUT2D eigenvalue weighted by Crippen LogP contribution is 2.15. The van der Waals surface area contributed by atoms with Crippen LogP contribution in [0.15, 0.2) is 24.3 Å². The van der Waals surface area contributed by atoms with Crippen LogP contribution in [-0.2, 0) is 6.42 Å². The topological polar surface area (TPSA) is 21.3 Å². The normalized spacial score (nSPS) is 16.4. The average molecular weight is 191 g/mol. The lowest BCUT2D eigenvalue weighted by atomic mass is 10.1. The zero-order valence-electron chi connectivity index (χ0n) is 8.62. The van der Waals surface area contributed by atoms with E-state index in [1.807, 2.05) is 6.07 Å². The molecule has 1 saturated heterocycles. The lowest BCUT2D eigenvalue weighted by Crippen LogP contribution is -2.45. The van der Waals surface area contributed by atoms with Crippen molar-refractivity contribution in [2.45, 2.75) is 13.3 Å². The summed E-state index contributed by atoms with van der Waals surface area (Å²) in [5.74, 6) is 1.72. The Labute approximate surface area is 85.3 Å². The minimum Gasteiger partial charge on any atom is -0.493 e. The Balaban J connectivity index is 1.87. The van der Waals surface area contributed by atoms with Gasteiger partial charge in [0.05, 0.1) is 6.61 Å². The molecule has 2 heteroatoms. The van der Waals surface area contributed by atoms with Gasteiger partial charge in [0.25, 0.3) is 0 Å². The minimum atomic E-state index is 0.709. The molecule has 14 heavy (non-hydrogen) atoms. The van der Waals surface area contributed by atoms with Crippen LogP contribution in [0.4, 0.5) is 0 Å². The molecule has 0 aromatic heterocycles. The van der Waals surface area contributed by atoms with E-state index in [1.54, 1.807) is 0 Å². The maximum atomic E-state index is 5.71. The number of nitrogens with one attached hydrogen (secondary N) is 1. The zero-order valence-corrected chi connectivity index (χ0v) is 8.62. The van der Waals surface area contributed by atoms with Gasteiger partial charge in [-0.15, -0.1) is 0 Å². The molecule has 1 aromatic carbocycles. The first-order valence-corrected chi connectivity index (χ1v) is 5.31. The Bertz CT molecular complexity index is 294. The fourth-order valence-corrected chi connectivity index (χ4v) is 1.54. The lowest BCUT2D eigenvalue weighted by Gasteiger charge is -2.26. The summed E-state index contributed by atoms with van der Waals surface area (Å²) in [6.07, 6.45) is 1.07. The molecule has 2 nitrogen and oxygen atoms in total. The molecule has 0 aliphatic carbocycles. The van der Waals surface area contributed by atoms with Crippen molar-refractivity contribution in [1.29, 1.82) is 0 Å². The third-order valence-electron chi connectivity index (χ3n) is 2.66. The first kappa shape index (κ1) is 9.53. The van der Waals surface area contributed by atoms with Crippen LogP contribution in [0.1, 0.15) is 12.5 Å². The van der Waals surface area contributed by atoms with Gasteiger partial charge >= 0.3 is 0 Å². The summed E-state index contributed by atoms with van der Waals surface area (Å²) in [4.78, 5) is 0. The first-order chi connectivity index (χ1) is 6.88. The Morgan fingerprint density at radius 3 is 2.93 bits per heavy atom. The largest absolute Gasteiger partial charge is 0.493 e. The van der Waals surface area contributed by atoms with Gasteiger partial charge in [0.2, 0.25) is 0 Å². The summed E-state index contributed by atoms with van der Waals surface area (Å²) in [6, 6.07) is 8.36. The summed E-state index contributed by atoms with van der Waals surface area (Å²) in [6.45, 7) is 5.22. The maximum Gasteiger partial charge on any atom is 0.119 e. The Morgan fingerprint density at radius 1 is 1.43 bits per heavy atom. The minimum absolute atomic E-state index is 0.709. The number of hydrogen-bond acceptors (Lipinski definition) is 2. The predicted molar refractivity (Wildman–Crippen MR) is 57.7 cm³/mol. The fourth-order valence-electron chi connectivity index (χ4n) is 1.54. The third-order valence-corrected chi connectivity index (χ3v) is 2.66. The molecular formula is C12H17NO. The van der Waals surface area contributed by atoms with E-state index in [1.165, 1.54) is 5.56 Å². The highest BCUT2D eigenvalue weighted by Gasteiger charge is 2.16. The second kappa shape index (κ2) is 4.47. The fraction of sp³-hybridized carbons (Fsp3) is 0.500. The van der Waals surface area contributed by atoms with Crippen molar-refractivity contribution >= 4 is 0 Å². The molecule has 1 N–H and O–H groups in total. The van der Waals surface area contributed by atoms with Crippen LogP contribution in [0, 0.1) is 5.92 Å². The number of ether oxygens (including phenoxy) is 1. The number of rotatable bonds is 4. The molecule has 0 unspecified atom stereocenters. The van der Waals surface area contributed by atoms with E-state index in [0.29, 0.717) is 5.92 Å². The van der Waals surface area contributed by atoms with Crippen LogP contribution in [-0.4, -0.2) is 19.7 Å². The Hall–Kier alpha value is -1.02. The Kier molecular flexibility index (Phi) is 3.04. The smallest absolute Gasteiger partial charge is 0.119 e. The molecule has 76 valence electrons. The third kappa shape index (κ3) is 2.26. The molecule has 0 amide bonds. The molecule has 1 fully saturated rings. The second-order valence-corrected chi connectivity index (χ2v) is 3.84. The highest BCUT2D eigenvalue weighted by molar-refractivity contribution is 5.28. The highest BCUT2D eigenvalue weighted by atomic mass is 16.5. The van der Waals surface area contributed by atoms with Crippen molar-refractivity contribution in [2.24, 2.45) is 5.92 Å². The molecular weight excluding hydrogens is 174 g/mol. The molecule has 1 aliphatic rings. The second-order valence-electron chi connectivity index (χ2n) is 3.84. The molecule has 0 bridgehead atoms. The molecule has 2 rings (SSSR count). The summed E-state index contributed by atoms with van der Waals surface area (Å²) >= 11 is 0. The van der Waals surface area contributed by atoms with E-state index in [9.17, 15) is 0 Å². The van der Waals surface area contributed by atoms with Gasteiger partial charge in [0, 0.05) is 19.0 Å². The molecule has 0 saturated carbocycles. The van der Waals surface area contributed by atoms with Crippen LogP contribution in [0.3, 0.4) is 0 Å². The number of benzene rings is 1. The molecule has 0 radical (unpaired) electrons. The molecule has 0 spiro atoms. The van der Waals surface area contributed by atoms with Gasteiger partial charge in [-0.1, -0.05) is 19.1 Å². The summed E-state index contributed by atoms with van der Waals surface area (Å²) in [5.41, 5.74) is 1.34. The van der Waals surface area contributed by atoms with Gasteiger partial charge in [-0.05, 0) is 24.1 Å². The van der Waals surface area contributed by atoms with E-state index in [2.05, 4.69) is 30.4 Å². The SMILES string of the molecule is CCc1cccc(OCC2CNC2)c1. The number of hydrogen-bond donors (Lipinski definition) is 1. The van der Waals surface area contributed by atoms with E-state index in [-0.39, 0.29) is 0 Å². The van der Waals surface area contributed by atoms with E-state index in [4.69, 9.17) is 4.74 Å². The Morgan fingerprint density at radius 2 is 2.29 bits per heavy atom. The average Bonchev–Trinajstić information content (AvgIpc) is 2.16. The van der Waals surface area contributed by atoms with E-state index < -0.39 is 0 Å². The van der Waals surface area contributed by atoms with Crippen LogP contribution >= 0.6 is 0 Å². The zero-order chi connectivity index (χ0) is 9.80. The maximum absolute atomic E-state index is 5.71. The lowest BCUT2D eigenvalue weighted by molar-refractivity contribution is 0.199.